The molecule has 12 heteroatoms. The van der Waals surface area contributed by atoms with Crippen molar-refractivity contribution in [3.05, 3.63) is 49.9 Å². The molecule has 3 aliphatic rings. The molecule has 0 spiro atoms. The van der Waals surface area contributed by atoms with Crippen molar-refractivity contribution in [2.24, 2.45) is 5.92 Å². The number of carbonyl (C=O) groups is 3. The Morgan fingerprint density at radius 2 is 1.73 bits per heavy atom. The number of anilines is 2. The van der Waals surface area contributed by atoms with E-state index in [2.05, 4.69) is 5.32 Å². The molecule has 3 heterocycles. The average molecular weight is 589 g/mol. The number of ether oxygens (including phenoxy) is 1. The number of benzene rings is 2. The summed E-state index contributed by atoms with van der Waals surface area (Å²) in [6.45, 7) is 2.88. The van der Waals surface area contributed by atoms with Crippen LogP contribution in [0.4, 0.5) is 20.6 Å². The highest BCUT2D eigenvalue weighted by Crippen LogP contribution is 2.55. The highest BCUT2D eigenvalue weighted by atomic mass is 35.5. The molecular formula is C25H22Cl4FN3O4. The fourth-order valence-corrected chi connectivity index (χ4v) is 7.24. The number of alkyl halides is 1. The maximum Gasteiger partial charge on any atom is 0.322 e. The average Bonchev–Trinajstić information content (AvgIpc) is 3.23. The SMILES string of the molecule is CCC12C(=O)N(c3cc(Cl)c(OC)c(Cl)c3)C(=O)C1C1C[C@@](C)(F)CN1C(=O)Nc1c(Cl)cc(Cl)cc12. The zero-order valence-electron chi connectivity index (χ0n) is 20.0. The number of halogens is 5. The predicted octanol–water partition coefficient (Wildman–Crippen LogP) is 6.49. The summed E-state index contributed by atoms with van der Waals surface area (Å²) >= 11 is 25.6. The first kappa shape index (κ1) is 26.4. The van der Waals surface area contributed by atoms with Crippen molar-refractivity contribution >= 4 is 75.6 Å². The number of nitrogens with zero attached hydrogens (tertiary/aromatic N) is 2. The number of hydrogen-bond acceptors (Lipinski definition) is 4. The Kier molecular flexibility index (Phi) is 6.34. The molecule has 0 bridgehead atoms. The summed E-state index contributed by atoms with van der Waals surface area (Å²) in [5.41, 5.74) is -2.71. The Morgan fingerprint density at radius 1 is 1.08 bits per heavy atom. The van der Waals surface area contributed by atoms with Crippen molar-refractivity contribution in [3.8, 4) is 5.75 Å². The lowest BCUT2D eigenvalue weighted by Crippen LogP contribution is -2.53. The van der Waals surface area contributed by atoms with E-state index in [1.54, 1.807) is 6.92 Å². The summed E-state index contributed by atoms with van der Waals surface area (Å²) < 4.78 is 20.6. The molecule has 4 amide bonds. The van der Waals surface area contributed by atoms with Gasteiger partial charge < -0.3 is 15.0 Å². The minimum atomic E-state index is -1.77. The number of urea groups is 1. The van der Waals surface area contributed by atoms with Gasteiger partial charge in [-0.2, -0.15) is 0 Å². The largest absolute Gasteiger partial charge is 0.494 e. The first-order chi connectivity index (χ1) is 17.4. The Bertz CT molecular complexity index is 1350. The zero-order chi connectivity index (χ0) is 27.0. The molecule has 2 aromatic carbocycles. The van der Waals surface area contributed by atoms with E-state index in [4.69, 9.17) is 51.1 Å². The lowest BCUT2D eigenvalue weighted by atomic mass is 9.65. The van der Waals surface area contributed by atoms with Gasteiger partial charge in [-0.25, -0.2) is 14.1 Å². The number of rotatable bonds is 3. The zero-order valence-corrected chi connectivity index (χ0v) is 23.0. The molecule has 5 rings (SSSR count). The maximum atomic E-state index is 15.4. The molecule has 0 saturated carbocycles. The van der Waals surface area contributed by atoms with Crippen LogP contribution in [0.2, 0.25) is 20.1 Å². The smallest absolute Gasteiger partial charge is 0.322 e. The van der Waals surface area contributed by atoms with Gasteiger partial charge in [0.05, 0.1) is 51.4 Å². The number of hydrogen-bond donors (Lipinski definition) is 1. The number of amides is 4. The topological polar surface area (TPSA) is 79.0 Å². The van der Waals surface area contributed by atoms with Crippen LogP contribution in [0.25, 0.3) is 0 Å². The van der Waals surface area contributed by atoms with Gasteiger partial charge in [-0.3, -0.25) is 9.59 Å². The number of methoxy groups -OCH3 is 1. The van der Waals surface area contributed by atoms with Crippen molar-refractivity contribution in [2.45, 2.75) is 43.8 Å². The van der Waals surface area contributed by atoms with Crippen LogP contribution in [0.5, 0.6) is 5.75 Å². The summed E-state index contributed by atoms with van der Waals surface area (Å²) in [6, 6.07) is 4.26. The van der Waals surface area contributed by atoms with Gasteiger partial charge in [0.2, 0.25) is 11.8 Å². The van der Waals surface area contributed by atoms with E-state index in [0.717, 1.165) is 4.90 Å². The van der Waals surface area contributed by atoms with Crippen LogP contribution in [-0.4, -0.2) is 48.1 Å². The van der Waals surface area contributed by atoms with E-state index < -0.39 is 40.9 Å². The number of nitrogens with one attached hydrogen (secondary N) is 1. The van der Waals surface area contributed by atoms with Crippen molar-refractivity contribution < 1.29 is 23.5 Å². The van der Waals surface area contributed by atoms with Crippen LogP contribution >= 0.6 is 46.4 Å². The Labute approximate surface area is 232 Å². The van der Waals surface area contributed by atoms with Gasteiger partial charge >= 0.3 is 6.03 Å². The van der Waals surface area contributed by atoms with Crippen molar-refractivity contribution in [3.63, 3.8) is 0 Å². The summed E-state index contributed by atoms with van der Waals surface area (Å²) in [5.74, 6) is -2.11. The first-order valence-corrected chi connectivity index (χ1v) is 13.0. The minimum Gasteiger partial charge on any atom is -0.494 e. The molecule has 196 valence electrons. The van der Waals surface area contributed by atoms with Crippen molar-refractivity contribution in [1.82, 2.24) is 4.90 Å². The van der Waals surface area contributed by atoms with E-state index in [0.29, 0.717) is 5.56 Å². The van der Waals surface area contributed by atoms with E-state index in [9.17, 15) is 14.4 Å². The Balaban J connectivity index is 1.81. The van der Waals surface area contributed by atoms with Crippen LogP contribution in [-0.2, 0) is 15.0 Å². The second kappa shape index (κ2) is 8.90. The summed E-state index contributed by atoms with van der Waals surface area (Å²) in [4.78, 5) is 44.3. The molecular weight excluding hydrogens is 567 g/mol. The van der Waals surface area contributed by atoms with E-state index >= 15 is 4.39 Å². The van der Waals surface area contributed by atoms with Gasteiger partial charge in [0.1, 0.15) is 5.67 Å². The standard InChI is InChI=1S/C25H22Cl4FN3O4/c1-4-25-13-5-11(26)6-14(27)19(13)31-23(36)32-10-24(2,30)9-17(32)18(25)21(34)33(22(25)35)12-7-15(28)20(37-3)16(29)8-12/h5-8,17-18H,4,9-10H2,1-3H3,(H,31,36)/t17?,18?,24-,25?/m1/s1. The highest BCUT2D eigenvalue weighted by Gasteiger charge is 2.67. The van der Waals surface area contributed by atoms with Crippen LogP contribution in [0.3, 0.4) is 0 Å². The quantitative estimate of drug-likeness (QED) is 0.415. The second-order valence-electron chi connectivity index (χ2n) is 9.78. The summed E-state index contributed by atoms with van der Waals surface area (Å²) in [7, 11) is 1.39. The van der Waals surface area contributed by atoms with Gasteiger partial charge in [-0.15, -0.1) is 0 Å². The monoisotopic (exact) mass is 587 g/mol. The van der Waals surface area contributed by atoms with Crippen LogP contribution in [0.15, 0.2) is 24.3 Å². The first-order valence-electron chi connectivity index (χ1n) is 11.5. The van der Waals surface area contributed by atoms with Crippen molar-refractivity contribution in [1.29, 1.82) is 0 Å². The molecule has 0 aromatic heterocycles. The van der Waals surface area contributed by atoms with Crippen molar-refractivity contribution in [2.75, 3.05) is 23.9 Å². The molecule has 3 aliphatic heterocycles. The normalized spacial score (nSPS) is 28.9. The molecule has 37 heavy (non-hydrogen) atoms. The third-order valence-corrected chi connectivity index (χ3v) is 8.63. The molecule has 1 N–H and O–H groups in total. The number of carbonyl (C=O) groups excluding carboxylic acids is 3. The fourth-order valence-electron chi connectivity index (χ4n) is 6.07. The molecule has 2 fully saturated rings. The van der Waals surface area contributed by atoms with Gasteiger partial charge in [-0.05, 0) is 43.2 Å². The maximum absolute atomic E-state index is 15.4. The number of fused-ring (bicyclic) bond motifs is 5. The fraction of sp³-hybridized carbons (Fsp3) is 0.400. The molecule has 7 nitrogen and oxygen atoms in total. The molecule has 0 radical (unpaired) electrons. The number of imide groups is 1. The minimum absolute atomic E-state index is 0.0947. The van der Waals surface area contributed by atoms with Gasteiger partial charge in [0.15, 0.2) is 5.75 Å². The Hall–Kier alpha value is -2.26. The molecule has 2 aromatic rings. The molecule has 0 aliphatic carbocycles. The third-order valence-electron chi connectivity index (χ3n) is 7.55. The lowest BCUT2D eigenvalue weighted by molar-refractivity contribution is -0.123. The van der Waals surface area contributed by atoms with E-state index in [1.807, 2.05) is 0 Å². The van der Waals surface area contributed by atoms with Crippen LogP contribution in [0, 0.1) is 5.92 Å². The summed E-state index contributed by atoms with van der Waals surface area (Å²) in [5, 5.41) is 3.27. The van der Waals surface area contributed by atoms with Gasteiger partial charge in [0, 0.05) is 17.5 Å². The van der Waals surface area contributed by atoms with Crippen LogP contribution in [0.1, 0.15) is 32.3 Å². The predicted molar refractivity (Wildman–Crippen MR) is 141 cm³/mol. The van der Waals surface area contributed by atoms with Crippen LogP contribution < -0.4 is 15.0 Å². The lowest BCUT2D eigenvalue weighted by Gasteiger charge is -2.41. The van der Waals surface area contributed by atoms with Gasteiger partial charge in [0.25, 0.3) is 0 Å². The third kappa shape index (κ3) is 3.79. The van der Waals surface area contributed by atoms with Gasteiger partial charge in [-0.1, -0.05) is 53.3 Å². The Morgan fingerprint density at radius 3 is 2.32 bits per heavy atom. The molecule has 4 atom stereocenters. The second-order valence-corrected chi connectivity index (χ2v) is 11.4. The molecule has 2 saturated heterocycles. The highest BCUT2D eigenvalue weighted by molar-refractivity contribution is 6.39. The van der Waals surface area contributed by atoms with E-state index in [-0.39, 0.29) is 56.6 Å². The van der Waals surface area contributed by atoms with E-state index in [1.165, 1.54) is 43.2 Å². The summed E-state index contributed by atoms with van der Waals surface area (Å²) in [6.07, 6.45) is 0.0106. The molecule has 3 unspecified atom stereocenters.